The van der Waals surface area contributed by atoms with Crippen LogP contribution in [-0.2, 0) is 28.6 Å². The van der Waals surface area contributed by atoms with Gasteiger partial charge in [0.05, 0.1) is 0 Å². The number of carbonyl (C=O) groups is 3. The Labute approximate surface area is 490 Å². The number of allylic oxidation sites excluding steroid dienone is 14. The standard InChI is InChI=1S/C73H128O6/c1-4-7-10-13-16-19-22-24-26-28-30-32-33-34-35-36-37-38-39-41-42-44-46-48-51-54-57-60-63-66-72(75)78-69-70(68-77-71(74)65-62-59-56-53-50-21-18-15-12-9-6-3)79-73(76)67-64-61-58-55-52-49-47-45-43-40-31-29-27-25-23-20-17-14-11-8-5-2/h7,10,15-16,18-19,24,26,30,32,34-35,37-38,70H,4-6,8-9,11-14,17,20-23,25,27-29,31,33,36,39-69H2,1-3H3/b10-7-,18-15-,19-16-,26-24-,32-30-,35-34-,38-37-. The maximum absolute atomic E-state index is 12.9. The molecule has 0 heterocycles. The first kappa shape index (κ1) is 75.6. The van der Waals surface area contributed by atoms with Crippen molar-refractivity contribution >= 4 is 17.9 Å². The van der Waals surface area contributed by atoms with Crippen LogP contribution in [0.2, 0.25) is 0 Å². The third-order valence-corrected chi connectivity index (χ3v) is 14.9. The minimum Gasteiger partial charge on any atom is -0.462 e. The molecule has 0 aromatic carbocycles. The van der Waals surface area contributed by atoms with E-state index in [0.29, 0.717) is 19.3 Å². The van der Waals surface area contributed by atoms with E-state index in [4.69, 9.17) is 14.2 Å². The molecule has 0 bridgehead atoms. The second-order valence-corrected chi connectivity index (χ2v) is 22.7. The number of hydrogen-bond acceptors (Lipinski definition) is 6. The summed E-state index contributed by atoms with van der Waals surface area (Å²) in [5.41, 5.74) is 0. The highest BCUT2D eigenvalue weighted by Gasteiger charge is 2.19. The largest absolute Gasteiger partial charge is 0.462 e. The maximum atomic E-state index is 12.9. The molecule has 79 heavy (non-hydrogen) atoms. The molecule has 1 atom stereocenters. The molecule has 6 heteroatoms. The average Bonchev–Trinajstić information content (AvgIpc) is 3.45. The van der Waals surface area contributed by atoms with E-state index in [1.54, 1.807) is 0 Å². The van der Waals surface area contributed by atoms with Crippen LogP contribution in [-0.4, -0.2) is 37.2 Å². The van der Waals surface area contributed by atoms with Gasteiger partial charge in [0.1, 0.15) is 13.2 Å². The molecule has 0 saturated carbocycles. The zero-order valence-electron chi connectivity index (χ0n) is 52.4. The van der Waals surface area contributed by atoms with E-state index >= 15 is 0 Å². The summed E-state index contributed by atoms with van der Waals surface area (Å²) in [5.74, 6) is -0.874. The molecular formula is C73H128O6. The fourth-order valence-electron chi connectivity index (χ4n) is 9.78. The highest BCUT2D eigenvalue weighted by atomic mass is 16.6. The second kappa shape index (κ2) is 67.1. The molecule has 0 aliphatic rings. The minimum atomic E-state index is -0.780. The smallest absolute Gasteiger partial charge is 0.306 e. The van der Waals surface area contributed by atoms with Gasteiger partial charge in [-0.2, -0.15) is 0 Å². The summed E-state index contributed by atoms with van der Waals surface area (Å²) < 4.78 is 16.9. The lowest BCUT2D eigenvalue weighted by atomic mass is 10.0. The Morgan fingerprint density at radius 3 is 0.823 bits per heavy atom. The molecule has 0 amide bonds. The Hall–Kier alpha value is -3.41. The minimum absolute atomic E-state index is 0.0779. The van der Waals surface area contributed by atoms with Gasteiger partial charge in [-0.1, -0.05) is 318 Å². The molecule has 0 radical (unpaired) electrons. The number of rotatable bonds is 62. The third-order valence-electron chi connectivity index (χ3n) is 14.9. The molecule has 0 aromatic heterocycles. The van der Waals surface area contributed by atoms with Crippen LogP contribution in [0.15, 0.2) is 85.1 Å². The van der Waals surface area contributed by atoms with Gasteiger partial charge in [0, 0.05) is 19.3 Å². The summed E-state index contributed by atoms with van der Waals surface area (Å²) in [7, 11) is 0. The van der Waals surface area contributed by atoms with Crippen LogP contribution in [0.1, 0.15) is 342 Å². The van der Waals surface area contributed by atoms with Crippen molar-refractivity contribution < 1.29 is 28.6 Å². The quantitative estimate of drug-likeness (QED) is 0.0261. The van der Waals surface area contributed by atoms with Gasteiger partial charge >= 0.3 is 17.9 Å². The molecule has 6 nitrogen and oxygen atoms in total. The zero-order chi connectivity index (χ0) is 57.1. The van der Waals surface area contributed by atoms with Crippen LogP contribution < -0.4 is 0 Å². The molecule has 1 unspecified atom stereocenters. The van der Waals surface area contributed by atoms with E-state index in [-0.39, 0.29) is 31.1 Å². The Morgan fingerprint density at radius 2 is 0.506 bits per heavy atom. The van der Waals surface area contributed by atoms with Crippen molar-refractivity contribution in [2.45, 2.75) is 348 Å². The molecule has 456 valence electrons. The van der Waals surface area contributed by atoms with Crippen molar-refractivity contribution in [1.82, 2.24) is 0 Å². The van der Waals surface area contributed by atoms with Crippen LogP contribution in [0.5, 0.6) is 0 Å². The molecule has 0 N–H and O–H groups in total. The summed E-state index contributed by atoms with van der Waals surface area (Å²) in [6, 6.07) is 0. The van der Waals surface area contributed by atoms with Gasteiger partial charge in [0.15, 0.2) is 6.10 Å². The van der Waals surface area contributed by atoms with E-state index < -0.39 is 6.10 Å². The van der Waals surface area contributed by atoms with Crippen LogP contribution in [0.4, 0.5) is 0 Å². The first-order valence-electron chi connectivity index (χ1n) is 34.1. The van der Waals surface area contributed by atoms with Crippen molar-refractivity contribution in [1.29, 1.82) is 0 Å². The van der Waals surface area contributed by atoms with E-state index in [0.717, 1.165) is 103 Å². The Morgan fingerprint density at radius 1 is 0.266 bits per heavy atom. The zero-order valence-corrected chi connectivity index (χ0v) is 52.4. The maximum Gasteiger partial charge on any atom is 0.306 e. The highest BCUT2D eigenvalue weighted by molar-refractivity contribution is 5.71. The van der Waals surface area contributed by atoms with Crippen molar-refractivity contribution in [2.75, 3.05) is 13.2 Å². The van der Waals surface area contributed by atoms with Gasteiger partial charge in [0.25, 0.3) is 0 Å². The predicted molar refractivity (Wildman–Crippen MR) is 344 cm³/mol. The molecule has 0 rings (SSSR count). The first-order chi connectivity index (χ1) is 39.0. The topological polar surface area (TPSA) is 78.9 Å². The van der Waals surface area contributed by atoms with Crippen molar-refractivity contribution in [3.63, 3.8) is 0 Å². The normalized spacial score (nSPS) is 12.6. The fraction of sp³-hybridized carbons (Fsp3) is 0.767. The third kappa shape index (κ3) is 65.3. The summed E-state index contributed by atoms with van der Waals surface area (Å²) in [6.45, 7) is 6.52. The van der Waals surface area contributed by atoms with Crippen molar-refractivity contribution in [3.05, 3.63) is 85.1 Å². The monoisotopic (exact) mass is 1100 g/mol. The molecule has 0 aliphatic heterocycles. The SMILES string of the molecule is CC/C=C\C/C=C\C/C=C\C/C=C\C/C=C\C/C=C\CCCCCCCCCCCCC(=O)OCC(COC(=O)CCCCCCC/C=C\CCCC)OC(=O)CCCCCCCCCCCCCCCCCCCCCCC. The van der Waals surface area contributed by atoms with Crippen LogP contribution in [0, 0.1) is 0 Å². The van der Waals surface area contributed by atoms with E-state index in [1.807, 2.05) is 0 Å². The molecule has 0 aromatic rings. The van der Waals surface area contributed by atoms with Gasteiger partial charge < -0.3 is 14.2 Å². The van der Waals surface area contributed by atoms with Gasteiger partial charge in [-0.15, -0.1) is 0 Å². The summed E-state index contributed by atoms with van der Waals surface area (Å²) in [5, 5.41) is 0. The summed E-state index contributed by atoms with van der Waals surface area (Å²) in [4.78, 5) is 38.3. The molecular weight excluding hydrogens is 973 g/mol. The van der Waals surface area contributed by atoms with E-state index in [1.165, 1.54) is 199 Å². The molecule has 0 aliphatic carbocycles. The van der Waals surface area contributed by atoms with Gasteiger partial charge in [-0.05, 0) is 89.9 Å². The lowest BCUT2D eigenvalue weighted by Gasteiger charge is -2.18. The first-order valence-corrected chi connectivity index (χ1v) is 34.1. The number of esters is 3. The van der Waals surface area contributed by atoms with Crippen LogP contribution in [0.3, 0.4) is 0 Å². The number of unbranched alkanes of at least 4 members (excludes halogenated alkanes) is 37. The lowest BCUT2D eigenvalue weighted by molar-refractivity contribution is -0.167. The average molecular weight is 1100 g/mol. The van der Waals surface area contributed by atoms with Crippen LogP contribution >= 0.6 is 0 Å². The van der Waals surface area contributed by atoms with Gasteiger partial charge in [-0.25, -0.2) is 0 Å². The predicted octanol–water partition coefficient (Wildman–Crippen LogP) is 23.4. The van der Waals surface area contributed by atoms with Crippen LogP contribution in [0.25, 0.3) is 0 Å². The Balaban J connectivity index is 4.23. The van der Waals surface area contributed by atoms with Crippen molar-refractivity contribution in [3.8, 4) is 0 Å². The molecule has 0 spiro atoms. The number of ether oxygens (including phenoxy) is 3. The summed E-state index contributed by atoms with van der Waals surface area (Å²) >= 11 is 0. The van der Waals surface area contributed by atoms with E-state index in [2.05, 4.69) is 106 Å². The summed E-state index contributed by atoms with van der Waals surface area (Å²) in [6.07, 6.45) is 88.9. The Bertz CT molecular complexity index is 1500. The second-order valence-electron chi connectivity index (χ2n) is 22.7. The molecule has 0 saturated heterocycles. The Kier molecular flexibility index (Phi) is 64.2. The molecule has 0 fully saturated rings. The lowest BCUT2D eigenvalue weighted by Crippen LogP contribution is -2.30. The van der Waals surface area contributed by atoms with Gasteiger partial charge in [-0.3, -0.25) is 14.4 Å². The number of carbonyl (C=O) groups excluding carboxylic acids is 3. The van der Waals surface area contributed by atoms with Crippen molar-refractivity contribution in [2.24, 2.45) is 0 Å². The number of hydrogen-bond donors (Lipinski definition) is 0. The van der Waals surface area contributed by atoms with Gasteiger partial charge in [0.2, 0.25) is 0 Å². The van der Waals surface area contributed by atoms with E-state index in [9.17, 15) is 14.4 Å². The highest BCUT2D eigenvalue weighted by Crippen LogP contribution is 2.17. The fourth-order valence-corrected chi connectivity index (χ4v) is 9.78.